The van der Waals surface area contributed by atoms with Gasteiger partial charge in [0.1, 0.15) is 17.3 Å². The Hall–Kier alpha value is -4.61. The zero-order chi connectivity index (χ0) is 41.6. The fourth-order valence-corrected chi connectivity index (χ4v) is 6.23. The highest BCUT2D eigenvalue weighted by molar-refractivity contribution is 6.36. The number of aromatic hydroxyl groups is 1. The number of phenols is 1. The summed E-state index contributed by atoms with van der Waals surface area (Å²) in [5.41, 5.74) is 3.04. The SMILES string of the molecule is CCCCC(Oc1ccc(C)cc1C)C(=O)Nc1ccc(C)c(O)c1.CCCCOC(=O)C(C)CC(C)(CC)C(=O)NC1=NN(c2cc(Cl)ccc2Cl)C(=O)C1. The van der Waals surface area contributed by atoms with Crippen molar-refractivity contribution in [2.75, 3.05) is 16.9 Å². The molecule has 3 aromatic carbocycles. The van der Waals surface area contributed by atoms with Gasteiger partial charge in [0.05, 0.1) is 29.7 Å². The van der Waals surface area contributed by atoms with Crippen molar-refractivity contribution >= 4 is 64.1 Å². The van der Waals surface area contributed by atoms with Crippen LogP contribution in [0.5, 0.6) is 11.5 Å². The van der Waals surface area contributed by atoms with Gasteiger partial charge in [0.15, 0.2) is 6.10 Å². The van der Waals surface area contributed by atoms with E-state index in [0.717, 1.165) is 53.1 Å². The van der Waals surface area contributed by atoms with E-state index in [1.807, 2.05) is 52.8 Å². The van der Waals surface area contributed by atoms with E-state index in [-0.39, 0.29) is 41.7 Å². The predicted octanol–water partition coefficient (Wildman–Crippen LogP) is 9.84. The second-order valence-corrected chi connectivity index (χ2v) is 15.4. The third-order valence-electron chi connectivity index (χ3n) is 9.59. The van der Waals surface area contributed by atoms with Gasteiger partial charge < -0.3 is 25.2 Å². The molecule has 13 heteroatoms. The first-order chi connectivity index (χ1) is 26.5. The van der Waals surface area contributed by atoms with Crippen LogP contribution in [-0.4, -0.2) is 47.3 Å². The number of esters is 1. The Morgan fingerprint density at radius 3 is 2.30 bits per heavy atom. The van der Waals surface area contributed by atoms with Gasteiger partial charge in [0, 0.05) is 22.2 Å². The third-order valence-corrected chi connectivity index (χ3v) is 10.1. The largest absolute Gasteiger partial charge is 0.508 e. The Morgan fingerprint density at radius 1 is 0.946 bits per heavy atom. The van der Waals surface area contributed by atoms with Crippen molar-refractivity contribution in [1.29, 1.82) is 0 Å². The Kier molecular flexibility index (Phi) is 17.7. The molecule has 3 unspecified atom stereocenters. The van der Waals surface area contributed by atoms with Crippen LogP contribution in [-0.2, 0) is 23.9 Å². The quantitative estimate of drug-likeness (QED) is 0.0964. The van der Waals surface area contributed by atoms with Crippen LogP contribution >= 0.6 is 23.2 Å². The highest BCUT2D eigenvalue weighted by Crippen LogP contribution is 2.33. The Bertz CT molecular complexity index is 1880. The third kappa shape index (κ3) is 13.3. The van der Waals surface area contributed by atoms with Crippen LogP contribution < -0.4 is 20.4 Å². The van der Waals surface area contributed by atoms with Gasteiger partial charge >= 0.3 is 5.97 Å². The molecule has 0 radical (unpaired) electrons. The van der Waals surface area contributed by atoms with Crippen LogP contribution in [0.3, 0.4) is 0 Å². The monoisotopic (exact) mass is 810 g/mol. The van der Waals surface area contributed by atoms with E-state index in [9.17, 15) is 24.3 Å². The summed E-state index contributed by atoms with van der Waals surface area (Å²) in [5.74, 6) is -0.440. The molecule has 0 aromatic heterocycles. The number of ether oxygens (including phenoxy) is 2. The van der Waals surface area contributed by atoms with Crippen molar-refractivity contribution in [1.82, 2.24) is 5.32 Å². The van der Waals surface area contributed by atoms with Crippen molar-refractivity contribution in [3.8, 4) is 11.5 Å². The molecule has 4 rings (SSSR count). The number of unbranched alkanes of at least 4 members (excludes halogenated alkanes) is 2. The van der Waals surface area contributed by atoms with E-state index in [1.54, 1.807) is 44.2 Å². The highest BCUT2D eigenvalue weighted by atomic mass is 35.5. The summed E-state index contributed by atoms with van der Waals surface area (Å²) >= 11 is 12.2. The number of carbonyl (C=O) groups is 4. The molecule has 0 saturated heterocycles. The number of amides is 3. The molecule has 3 aromatic rings. The lowest BCUT2D eigenvalue weighted by atomic mass is 9.78. The minimum absolute atomic E-state index is 0.0665. The van der Waals surface area contributed by atoms with Crippen molar-refractivity contribution in [3.05, 3.63) is 81.3 Å². The number of phenolic OH excluding ortho intramolecular Hbond substituents is 1. The number of aryl methyl sites for hydroxylation is 3. The second-order valence-electron chi connectivity index (χ2n) is 14.5. The van der Waals surface area contributed by atoms with Crippen LogP contribution in [0.2, 0.25) is 10.0 Å². The normalized spacial score (nSPS) is 14.4. The summed E-state index contributed by atoms with van der Waals surface area (Å²) in [4.78, 5) is 50.4. The number of anilines is 2. The van der Waals surface area contributed by atoms with Crippen molar-refractivity contribution in [3.63, 3.8) is 0 Å². The number of nitrogens with one attached hydrogen (secondary N) is 2. The molecule has 0 saturated carbocycles. The van der Waals surface area contributed by atoms with Gasteiger partial charge in [-0.25, -0.2) is 0 Å². The van der Waals surface area contributed by atoms with Gasteiger partial charge in [-0.15, -0.1) is 0 Å². The van der Waals surface area contributed by atoms with E-state index in [4.69, 9.17) is 32.7 Å². The van der Waals surface area contributed by atoms with Crippen LogP contribution in [0.4, 0.5) is 11.4 Å². The first-order valence-corrected chi connectivity index (χ1v) is 19.9. The molecule has 3 amide bonds. The van der Waals surface area contributed by atoms with Crippen LogP contribution in [0.15, 0.2) is 59.7 Å². The van der Waals surface area contributed by atoms with E-state index in [1.165, 1.54) is 6.07 Å². The molecule has 304 valence electrons. The average Bonchev–Trinajstić information content (AvgIpc) is 3.52. The van der Waals surface area contributed by atoms with E-state index in [0.29, 0.717) is 47.3 Å². The number of halogens is 2. The lowest BCUT2D eigenvalue weighted by Crippen LogP contribution is -2.43. The molecule has 56 heavy (non-hydrogen) atoms. The number of nitrogens with zero attached hydrogens (tertiary/aromatic N) is 2. The second kappa shape index (κ2) is 21.6. The summed E-state index contributed by atoms with van der Waals surface area (Å²) < 4.78 is 11.3. The van der Waals surface area contributed by atoms with Gasteiger partial charge in [-0.2, -0.15) is 10.1 Å². The van der Waals surface area contributed by atoms with Crippen molar-refractivity contribution < 1.29 is 33.8 Å². The zero-order valence-electron chi connectivity index (χ0n) is 33.8. The average molecular weight is 812 g/mol. The number of rotatable bonds is 16. The highest BCUT2D eigenvalue weighted by Gasteiger charge is 2.37. The number of hydrogen-bond acceptors (Lipinski definition) is 8. The number of hydrazone groups is 1. The molecule has 1 aliphatic heterocycles. The fourth-order valence-electron chi connectivity index (χ4n) is 5.86. The van der Waals surface area contributed by atoms with E-state index >= 15 is 0 Å². The topological polar surface area (TPSA) is 147 Å². The molecule has 3 atom stereocenters. The van der Waals surface area contributed by atoms with Crippen molar-refractivity contribution in [2.24, 2.45) is 16.4 Å². The van der Waals surface area contributed by atoms with Crippen LogP contribution in [0.25, 0.3) is 0 Å². The fraction of sp³-hybridized carbons (Fsp3) is 0.465. The molecule has 0 fully saturated rings. The maximum Gasteiger partial charge on any atom is 0.308 e. The predicted molar refractivity (Wildman–Crippen MR) is 224 cm³/mol. The Labute approximate surface area is 341 Å². The summed E-state index contributed by atoms with van der Waals surface area (Å²) in [6.45, 7) is 15.8. The maximum absolute atomic E-state index is 13.0. The molecular weight excluding hydrogens is 755 g/mol. The molecular formula is C43H56Cl2N4O7. The maximum atomic E-state index is 13.0. The lowest BCUT2D eigenvalue weighted by molar-refractivity contribution is -0.149. The van der Waals surface area contributed by atoms with Gasteiger partial charge in [-0.1, -0.05) is 94.4 Å². The first-order valence-electron chi connectivity index (χ1n) is 19.2. The minimum Gasteiger partial charge on any atom is -0.508 e. The molecule has 1 heterocycles. The number of hydrogen-bond donors (Lipinski definition) is 3. The van der Waals surface area contributed by atoms with Gasteiger partial charge in [-0.05, 0) is 94.3 Å². The molecule has 0 spiro atoms. The molecule has 11 nitrogen and oxygen atoms in total. The smallest absolute Gasteiger partial charge is 0.308 e. The van der Waals surface area contributed by atoms with Crippen LogP contribution in [0, 0.1) is 32.1 Å². The van der Waals surface area contributed by atoms with Crippen LogP contribution in [0.1, 0.15) is 103 Å². The molecule has 3 N–H and O–H groups in total. The number of carbonyl (C=O) groups excluding carboxylic acids is 4. The van der Waals surface area contributed by atoms with E-state index in [2.05, 4.69) is 22.7 Å². The summed E-state index contributed by atoms with van der Waals surface area (Å²) in [6.07, 6.45) is 4.50. The summed E-state index contributed by atoms with van der Waals surface area (Å²) in [5, 5.41) is 21.5. The molecule has 1 aliphatic rings. The Balaban J connectivity index is 0.000000307. The van der Waals surface area contributed by atoms with E-state index < -0.39 is 17.4 Å². The van der Waals surface area contributed by atoms with Gasteiger partial charge in [0.2, 0.25) is 5.91 Å². The lowest BCUT2D eigenvalue weighted by Gasteiger charge is -2.29. The van der Waals surface area contributed by atoms with Crippen molar-refractivity contribution in [2.45, 2.75) is 113 Å². The molecule has 0 bridgehead atoms. The molecule has 0 aliphatic carbocycles. The number of amidine groups is 1. The summed E-state index contributed by atoms with van der Waals surface area (Å²) in [6, 6.07) is 15.8. The van der Waals surface area contributed by atoms with Gasteiger partial charge in [0.25, 0.3) is 11.8 Å². The van der Waals surface area contributed by atoms with Gasteiger partial charge in [-0.3, -0.25) is 19.2 Å². The number of benzene rings is 3. The first kappa shape index (κ1) is 45.8. The minimum atomic E-state index is -0.824. The summed E-state index contributed by atoms with van der Waals surface area (Å²) in [7, 11) is 0. The Morgan fingerprint density at radius 2 is 1.66 bits per heavy atom. The zero-order valence-corrected chi connectivity index (χ0v) is 35.3. The standard InChI is InChI=1S/C22H29Cl2N3O4.C21H27NO3/c1-5-7-10-31-20(29)14(3)13-22(4,6-2)21(30)25-18-12-19(28)27(26-18)17-11-15(23)8-9-16(17)24;1-5-6-7-20(25-19-11-8-14(2)12-16(19)4)21(24)22-17-10-9-15(3)18(23)13-17/h8-9,11,14H,5-7,10,12-13H2,1-4H3,(H,25,26,30);8-13,20,23H,5-7H2,1-4H3,(H,22,24).